The number of imidazole rings is 1. The average molecular weight is 293 g/mol. The predicted molar refractivity (Wildman–Crippen MR) is 80.6 cm³/mol. The fourth-order valence-corrected chi connectivity index (χ4v) is 3.18. The first kappa shape index (κ1) is 14.3. The highest BCUT2D eigenvalue weighted by atomic mass is 16.6. The summed E-state index contributed by atoms with van der Waals surface area (Å²) in [7, 11) is 1.87. The first-order valence-corrected chi connectivity index (χ1v) is 7.73. The Kier molecular flexibility index (Phi) is 3.84. The second-order valence-corrected chi connectivity index (χ2v) is 6.22. The van der Waals surface area contributed by atoms with Crippen LogP contribution in [-0.2, 0) is 7.05 Å². The number of hydrogen-bond donors (Lipinski definition) is 1. The SMILES string of the molecule is Cc1nc([N+](=O)[O-])c(N(CC2CCCNC2)C2CC2)n1C. The van der Waals surface area contributed by atoms with Gasteiger partial charge in [0.25, 0.3) is 0 Å². The Labute approximate surface area is 124 Å². The van der Waals surface area contributed by atoms with Crippen molar-refractivity contribution in [2.24, 2.45) is 13.0 Å². The monoisotopic (exact) mass is 293 g/mol. The summed E-state index contributed by atoms with van der Waals surface area (Å²) in [6, 6.07) is 0.445. The zero-order valence-corrected chi connectivity index (χ0v) is 12.7. The zero-order chi connectivity index (χ0) is 15.0. The minimum absolute atomic E-state index is 0.00525. The summed E-state index contributed by atoms with van der Waals surface area (Å²) in [4.78, 5) is 17.3. The maximum Gasteiger partial charge on any atom is 0.406 e. The number of aromatic nitrogens is 2. The third kappa shape index (κ3) is 2.88. The zero-order valence-electron chi connectivity index (χ0n) is 12.7. The molecule has 1 aliphatic heterocycles. The van der Waals surface area contributed by atoms with Crippen molar-refractivity contribution in [3.8, 4) is 0 Å². The van der Waals surface area contributed by atoms with Crippen LogP contribution in [-0.4, -0.2) is 40.2 Å². The molecule has 0 bridgehead atoms. The molecule has 7 heteroatoms. The molecule has 1 aromatic heterocycles. The van der Waals surface area contributed by atoms with E-state index in [1.54, 1.807) is 0 Å². The molecule has 3 rings (SSSR count). The van der Waals surface area contributed by atoms with Crippen molar-refractivity contribution in [1.29, 1.82) is 0 Å². The van der Waals surface area contributed by atoms with Crippen molar-refractivity contribution in [2.45, 2.75) is 38.6 Å². The fraction of sp³-hybridized carbons (Fsp3) is 0.786. The van der Waals surface area contributed by atoms with Crippen LogP contribution in [0.5, 0.6) is 0 Å². The van der Waals surface area contributed by atoms with Gasteiger partial charge in [-0.1, -0.05) is 0 Å². The van der Waals surface area contributed by atoms with Crippen LogP contribution in [0.3, 0.4) is 0 Å². The van der Waals surface area contributed by atoms with Gasteiger partial charge < -0.3 is 20.3 Å². The van der Waals surface area contributed by atoms with Crippen molar-refractivity contribution in [1.82, 2.24) is 14.9 Å². The Morgan fingerprint density at radius 3 is 2.81 bits per heavy atom. The van der Waals surface area contributed by atoms with Gasteiger partial charge in [-0.3, -0.25) is 4.57 Å². The maximum atomic E-state index is 11.3. The molecule has 2 aliphatic rings. The van der Waals surface area contributed by atoms with Crippen LogP contribution >= 0.6 is 0 Å². The predicted octanol–water partition coefficient (Wildman–Crippen LogP) is 1.61. The maximum absolute atomic E-state index is 11.3. The number of aryl methyl sites for hydroxylation is 1. The second kappa shape index (κ2) is 5.63. The molecule has 1 aliphatic carbocycles. The van der Waals surface area contributed by atoms with Gasteiger partial charge in [0.05, 0.1) is 0 Å². The Morgan fingerprint density at radius 2 is 2.24 bits per heavy atom. The van der Waals surface area contributed by atoms with Gasteiger partial charge in [0.1, 0.15) is 0 Å². The molecule has 1 aromatic rings. The van der Waals surface area contributed by atoms with E-state index in [1.807, 2.05) is 18.5 Å². The van der Waals surface area contributed by atoms with E-state index >= 15 is 0 Å². The van der Waals surface area contributed by atoms with Gasteiger partial charge in [-0.25, -0.2) is 0 Å². The summed E-state index contributed by atoms with van der Waals surface area (Å²) in [6.07, 6.45) is 4.64. The van der Waals surface area contributed by atoms with Gasteiger partial charge in [-0.05, 0) is 54.6 Å². The van der Waals surface area contributed by atoms with Crippen LogP contribution < -0.4 is 10.2 Å². The summed E-state index contributed by atoms with van der Waals surface area (Å²) in [5, 5.41) is 14.7. The largest absolute Gasteiger partial charge is 0.406 e. The summed E-state index contributed by atoms with van der Waals surface area (Å²) in [5.74, 6) is 1.95. The number of nitrogens with zero attached hydrogens (tertiary/aromatic N) is 4. The van der Waals surface area contributed by atoms with E-state index in [0.29, 0.717) is 23.6 Å². The number of nitrogens with one attached hydrogen (secondary N) is 1. The number of piperidine rings is 1. The van der Waals surface area contributed by atoms with Gasteiger partial charge in [-0.15, -0.1) is 0 Å². The van der Waals surface area contributed by atoms with Gasteiger partial charge in [0, 0.05) is 26.6 Å². The lowest BCUT2D eigenvalue weighted by Crippen LogP contribution is -2.40. The van der Waals surface area contributed by atoms with E-state index in [1.165, 1.54) is 12.8 Å². The van der Waals surface area contributed by atoms with E-state index in [2.05, 4.69) is 15.2 Å². The summed E-state index contributed by atoms with van der Waals surface area (Å²) in [6.45, 7) is 4.81. The van der Waals surface area contributed by atoms with Gasteiger partial charge in [0.2, 0.25) is 11.6 Å². The van der Waals surface area contributed by atoms with Crippen molar-refractivity contribution >= 4 is 11.6 Å². The molecule has 1 atom stereocenters. The molecule has 21 heavy (non-hydrogen) atoms. The molecule has 0 aromatic carbocycles. The van der Waals surface area contributed by atoms with Crippen LogP contribution in [0.15, 0.2) is 0 Å². The number of hydrogen-bond acceptors (Lipinski definition) is 5. The van der Waals surface area contributed by atoms with Gasteiger partial charge >= 0.3 is 5.82 Å². The van der Waals surface area contributed by atoms with Crippen LogP contribution in [0.25, 0.3) is 0 Å². The number of nitro groups is 1. The quantitative estimate of drug-likeness (QED) is 0.659. The molecule has 0 radical (unpaired) electrons. The highest BCUT2D eigenvalue weighted by molar-refractivity contribution is 5.57. The molecule has 1 N–H and O–H groups in total. The van der Waals surface area contributed by atoms with Crippen LogP contribution in [0.1, 0.15) is 31.5 Å². The van der Waals surface area contributed by atoms with Crippen LogP contribution in [0, 0.1) is 23.0 Å². The minimum Gasteiger partial charge on any atom is -0.358 e. The molecule has 1 unspecified atom stereocenters. The highest BCUT2D eigenvalue weighted by Crippen LogP contribution is 2.37. The van der Waals surface area contributed by atoms with Gasteiger partial charge in [0.15, 0.2) is 0 Å². The lowest BCUT2D eigenvalue weighted by atomic mass is 9.99. The molecule has 1 saturated heterocycles. The number of rotatable bonds is 5. The molecule has 0 spiro atoms. The van der Waals surface area contributed by atoms with E-state index in [0.717, 1.165) is 32.5 Å². The van der Waals surface area contributed by atoms with E-state index in [4.69, 9.17) is 0 Å². The van der Waals surface area contributed by atoms with Crippen molar-refractivity contribution in [3.05, 3.63) is 15.9 Å². The normalized spacial score (nSPS) is 22.3. The summed E-state index contributed by atoms with van der Waals surface area (Å²) >= 11 is 0. The molecule has 7 nitrogen and oxygen atoms in total. The molecule has 1 saturated carbocycles. The average Bonchev–Trinajstić information content (AvgIpc) is 3.26. The Bertz CT molecular complexity index is 532. The van der Waals surface area contributed by atoms with E-state index in [9.17, 15) is 10.1 Å². The Balaban J connectivity index is 1.88. The standard InChI is InChI=1S/C14H23N5O2/c1-10-16-13(19(20)21)14(17(10)2)18(12-5-6-12)9-11-4-3-7-15-8-11/h11-12,15H,3-9H2,1-2H3. The second-order valence-electron chi connectivity index (χ2n) is 6.22. The van der Waals surface area contributed by atoms with E-state index < -0.39 is 0 Å². The van der Waals surface area contributed by atoms with Crippen LogP contribution in [0.2, 0.25) is 0 Å². The third-order valence-corrected chi connectivity index (χ3v) is 4.56. The molecule has 2 fully saturated rings. The molecule has 2 heterocycles. The van der Waals surface area contributed by atoms with E-state index in [-0.39, 0.29) is 10.7 Å². The Morgan fingerprint density at radius 1 is 1.48 bits per heavy atom. The third-order valence-electron chi connectivity index (χ3n) is 4.56. The Hall–Kier alpha value is -1.63. The molecular weight excluding hydrogens is 270 g/mol. The minimum atomic E-state index is -0.350. The molecule has 116 valence electrons. The van der Waals surface area contributed by atoms with Crippen LogP contribution in [0.4, 0.5) is 11.6 Å². The fourth-order valence-electron chi connectivity index (χ4n) is 3.18. The number of anilines is 1. The lowest BCUT2D eigenvalue weighted by Gasteiger charge is -2.31. The van der Waals surface area contributed by atoms with Crippen molar-refractivity contribution in [3.63, 3.8) is 0 Å². The smallest absolute Gasteiger partial charge is 0.358 e. The van der Waals surface area contributed by atoms with Crippen molar-refractivity contribution < 1.29 is 4.92 Å². The van der Waals surface area contributed by atoms with Gasteiger partial charge in [-0.2, -0.15) is 0 Å². The summed E-state index contributed by atoms with van der Waals surface area (Å²) in [5.41, 5.74) is 0. The first-order chi connectivity index (χ1) is 10.1. The highest BCUT2D eigenvalue weighted by Gasteiger charge is 2.38. The van der Waals surface area contributed by atoms with Crippen molar-refractivity contribution in [2.75, 3.05) is 24.5 Å². The molecule has 0 amide bonds. The molecular formula is C14H23N5O2. The lowest BCUT2D eigenvalue weighted by molar-refractivity contribution is -0.388. The topological polar surface area (TPSA) is 76.2 Å². The summed E-state index contributed by atoms with van der Waals surface area (Å²) < 4.78 is 1.87. The first-order valence-electron chi connectivity index (χ1n) is 7.73.